The van der Waals surface area contributed by atoms with Crippen LogP contribution in [0.5, 0.6) is 0 Å². The SMILES string of the molecule is CC1(C)[C@@H]2OCCC[C@H]2[C@H]1OC(=O)c1ccc(C#N)[nH]1. The molecule has 1 aliphatic carbocycles. The fraction of sp³-hybridized carbons (Fsp3) is 0.600. The lowest BCUT2D eigenvalue weighted by Crippen LogP contribution is -2.65. The van der Waals surface area contributed by atoms with Gasteiger partial charge in [0.05, 0.1) is 6.10 Å². The molecule has 0 radical (unpaired) electrons. The summed E-state index contributed by atoms with van der Waals surface area (Å²) in [5.74, 6) is -0.0957. The van der Waals surface area contributed by atoms with Crippen molar-refractivity contribution in [2.45, 2.75) is 38.9 Å². The van der Waals surface area contributed by atoms with Crippen LogP contribution in [0, 0.1) is 22.7 Å². The van der Waals surface area contributed by atoms with Crippen molar-refractivity contribution in [2.24, 2.45) is 11.3 Å². The highest BCUT2D eigenvalue weighted by atomic mass is 16.6. The van der Waals surface area contributed by atoms with E-state index in [2.05, 4.69) is 18.8 Å². The van der Waals surface area contributed by atoms with Gasteiger partial charge in [0.2, 0.25) is 0 Å². The van der Waals surface area contributed by atoms with E-state index in [1.165, 1.54) is 0 Å². The van der Waals surface area contributed by atoms with Gasteiger partial charge >= 0.3 is 5.97 Å². The summed E-state index contributed by atoms with van der Waals surface area (Å²) in [6.07, 6.45) is 2.13. The standard InChI is InChI=1S/C15H18N2O3/c1-15(2)12-10(4-3-7-19-12)13(15)20-14(18)11-6-5-9(8-16)17-11/h5-6,10,12-13,17H,3-4,7H2,1-2H3/t10-,12-,13-/m1/s1. The van der Waals surface area contributed by atoms with Gasteiger partial charge in [0.25, 0.3) is 0 Å². The second kappa shape index (κ2) is 4.64. The minimum Gasteiger partial charge on any atom is -0.457 e. The Balaban J connectivity index is 1.71. The van der Waals surface area contributed by atoms with E-state index in [1.807, 2.05) is 6.07 Å². The van der Waals surface area contributed by atoms with E-state index in [9.17, 15) is 4.79 Å². The van der Waals surface area contributed by atoms with Crippen molar-refractivity contribution in [1.29, 1.82) is 5.26 Å². The third-order valence-corrected chi connectivity index (χ3v) is 4.48. The van der Waals surface area contributed by atoms with Crippen LogP contribution >= 0.6 is 0 Å². The number of carbonyl (C=O) groups excluding carboxylic acids is 1. The second-order valence-electron chi connectivity index (χ2n) is 6.14. The minimum atomic E-state index is -0.395. The third kappa shape index (κ3) is 1.92. The second-order valence-corrected chi connectivity index (χ2v) is 6.14. The number of aromatic amines is 1. The normalized spacial score (nSPS) is 30.8. The summed E-state index contributed by atoms with van der Waals surface area (Å²) in [6.45, 7) is 4.95. The quantitative estimate of drug-likeness (QED) is 0.839. The topological polar surface area (TPSA) is 75.1 Å². The van der Waals surface area contributed by atoms with Crippen molar-refractivity contribution in [1.82, 2.24) is 4.98 Å². The number of hydrogen-bond acceptors (Lipinski definition) is 4. The lowest BCUT2D eigenvalue weighted by atomic mass is 9.57. The van der Waals surface area contributed by atoms with Gasteiger partial charge in [-0.25, -0.2) is 4.79 Å². The number of rotatable bonds is 2. The molecule has 0 amide bonds. The molecule has 106 valence electrons. The molecule has 1 saturated carbocycles. The van der Waals surface area contributed by atoms with E-state index < -0.39 is 5.97 Å². The summed E-state index contributed by atoms with van der Waals surface area (Å²) < 4.78 is 11.4. The van der Waals surface area contributed by atoms with Crippen molar-refractivity contribution >= 4 is 5.97 Å². The summed E-state index contributed by atoms with van der Waals surface area (Å²) in [7, 11) is 0. The van der Waals surface area contributed by atoms with Crippen molar-refractivity contribution in [3.05, 3.63) is 23.5 Å². The van der Waals surface area contributed by atoms with E-state index in [0.717, 1.165) is 19.4 Å². The number of nitrogens with one attached hydrogen (secondary N) is 1. The molecule has 0 unspecified atom stereocenters. The Bertz CT molecular complexity index is 570. The molecule has 3 rings (SSSR count). The van der Waals surface area contributed by atoms with Gasteiger partial charge in [-0.1, -0.05) is 13.8 Å². The van der Waals surface area contributed by atoms with E-state index in [-0.39, 0.29) is 17.6 Å². The molecule has 0 spiro atoms. The van der Waals surface area contributed by atoms with Crippen molar-refractivity contribution < 1.29 is 14.3 Å². The first kappa shape index (κ1) is 13.2. The molecule has 5 heteroatoms. The van der Waals surface area contributed by atoms with E-state index in [4.69, 9.17) is 14.7 Å². The Kier molecular flexibility index (Phi) is 3.06. The average molecular weight is 274 g/mol. The maximum atomic E-state index is 12.1. The maximum Gasteiger partial charge on any atom is 0.355 e. The van der Waals surface area contributed by atoms with Gasteiger partial charge in [-0.3, -0.25) is 0 Å². The average Bonchev–Trinajstić information content (AvgIpc) is 2.93. The van der Waals surface area contributed by atoms with Crippen LogP contribution in [0.1, 0.15) is 42.9 Å². The van der Waals surface area contributed by atoms with E-state index in [1.54, 1.807) is 12.1 Å². The lowest BCUT2D eigenvalue weighted by molar-refractivity contribution is -0.243. The predicted molar refractivity (Wildman–Crippen MR) is 71.0 cm³/mol. The molecule has 2 heterocycles. The van der Waals surface area contributed by atoms with Gasteiger partial charge in [-0.2, -0.15) is 5.26 Å². The van der Waals surface area contributed by atoms with Gasteiger partial charge < -0.3 is 14.5 Å². The third-order valence-electron chi connectivity index (χ3n) is 4.48. The van der Waals surface area contributed by atoms with Crippen LogP contribution < -0.4 is 0 Å². The Morgan fingerprint density at radius 3 is 3.05 bits per heavy atom. The van der Waals surface area contributed by atoms with Crippen molar-refractivity contribution in [2.75, 3.05) is 6.61 Å². The molecule has 1 aromatic heterocycles. The highest BCUT2D eigenvalue weighted by molar-refractivity contribution is 5.87. The first-order valence-corrected chi connectivity index (χ1v) is 6.95. The van der Waals surface area contributed by atoms with Gasteiger partial charge in [-0.05, 0) is 25.0 Å². The minimum absolute atomic E-state index is 0.117. The van der Waals surface area contributed by atoms with Gasteiger partial charge in [0, 0.05) is 17.9 Å². The molecule has 2 fully saturated rings. The van der Waals surface area contributed by atoms with Crippen LogP contribution in [0.25, 0.3) is 0 Å². The smallest absolute Gasteiger partial charge is 0.355 e. The van der Waals surface area contributed by atoms with Gasteiger partial charge in [-0.15, -0.1) is 0 Å². The number of ether oxygens (including phenoxy) is 2. The molecule has 3 atom stereocenters. The van der Waals surface area contributed by atoms with Crippen molar-refractivity contribution in [3.63, 3.8) is 0 Å². The molecule has 2 aliphatic rings. The molecule has 5 nitrogen and oxygen atoms in total. The highest BCUT2D eigenvalue weighted by Crippen LogP contribution is 2.53. The van der Waals surface area contributed by atoms with Crippen LogP contribution in [-0.2, 0) is 9.47 Å². The summed E-state index contributed by atoms with van der Waals surface area (Å²) in [5, 5.41) is 8.76. The number of esters is 1. The Morgan fingerprint density at radius 2 is 2.35 bits per heavy atom. The van der Waals surface area contributed by atoms with Crippen LogP contribution in [0.2, 0.25) is 0 Å². The molecule has 0 bridgehead atoms. The number of carbonyl (C=O) groups is 1. The number of nitrogens with zero attached hydrogens (tertiary/aromatic N) is 1. The van der Waals surface area contributed by atoms with Crippen LogP contribution in [-0.4, -0.2) is 29.8 Å². The zero-order valence-corrected chi connectivity index (χ0v) is 11.7. The Hall–Kier alpha value is -1.80. The summed E-state index contributed by atoms with van der Waals surface area (Å²) >= 11 is 0. The summed E-state index contributed by atoms with van der Waals surface area (Å²) in [5.41, 5.74) is 0.548. The largest absolute Gasteiger partial charge is 0.457 e. The van der Waals surface area contributed by atoms with Gasteiger partial charge in [0.1, 0.15) is 23.6 Å². The first-order chi connectivity index (χ1) is 9.54. The molecule has 1 aliphatic heterocycles. The fourth-order valence-corrected chi connectivity index (χ4v) is 3.47. The number of hydrogen-bond donors (Lipinski definition) is 1. The van der Waals surface area contributed by atoms with Crippen molar-refractivity contribution in [3.8, 4) is 6.07 Å². The predicted octanol–water partition coefficient (Wildman–Crippen LogP) is 2.25. The maximum absolute atomic E-state index is 12.1. The molecule has 20 heavy (non-hydrogen) atoms. The number of H-pyrrole nitrogens is 1. The van der Waals surface area contributed by atoms with Crippen LogP contribution in [0.4, 0.5) is 0 Å². The molecule has 0 aromatic carbocycles. The van der Waals surface area contributed by atoms with E-state index >= 15 is 0 Å². The van der Waals surface area contributed by atoms with E-state index in [0.29, 0.717) is 17.3 Å². The summed E-state index contributed by atoms with van der Waals surface area (Å²) in [4.78, 5) is 14.9. The molecular weight excluding hydrogens is 256 g/mol. The van der Waals surface area contributed by atoms with Crippen LogP contribution in [0.3, 0.4) is 0 Å². The number of aromatic nitrogens is 1. The summed E-state index contributed by atoms with van der Waals surface area (Å²) in [6, 6.07) is 5.12. The zero-order chi connectivity index (χ0) is 14.3. The first-order valence-electron chi connectivity index (χ1n) is 6.95. The zero-order valence-electron chi connectivity index (χ0n) is 11.7. The Morgan fingerprint density at radius 1 is 1.55 bits per heavy atom. The number of nitriles is 1. The monoisotopic (exact) mass is 274 g/mol. The fourth-order valence-electron chi connectivity index (χ4n) is 3.47. The number of fused-ring (bicyclic) bond motifs is 1. The molecule has 1 N–H and O–H groups in total. The lowest BCUT2D eigenvalue weighted by Gasteiger charge is -2.58. The Labute approximate surface area is 117 Å². The molecule has 1 aromatic rings. The highest BCUT2D eigenvalue weighted by Gasteiger charge is 2.60. The van der Waals surface area contributed by atoms with Gasteiger partial charge in [0.15, 0.2) is 0 Å². The molecule has 1 saturated heterocycles. The van der Waals surface area contributed by atoms with Crippen LogP contribution in [0.15, 0.2) is 12.1 Å². The molecular formula is C15H18N2O3.